The van der Waals surface area contributed by atoms with E-state index >= 15 is 4.39 Å². The van der Waals surface area contributed by atoms with Crippen molar-refractivity contribution in [3.63, 3.8) is 0 Å². The molecule has 0 amide bonds. The van der Waals surface area contributed by atoms with Crippen molar-refractivity contribution in [3.8, 4) is 5.75 Å². The molecule has 0 bridgehead atoms. The molecule has 3 aromatic rings. The first-order valence-corrected chi connectivity index (χ1v) is 13.0. The molecule has 0 unspecified atom stereocenters. The van der Waals surface area contributed by atoms with Crippen molar-refractivity contribution in [2.24, 2.45) is 0 Å². The van der Waals surface area contributed by atoms with Crippen LogP contribution in [0.5, 0.6) is 5.75 Å². The number of carbonyl (C=O) groups excluding carboxylic acids is 1. The van der Waals surface area contributed by atoms with Crippen molar-refractivity contribution in [2.45, 2.75) is 44.9 Å². The predicted octanol–water partition coefficient (Wildman–Crippen LogP) is 5.67. The summed E-state index contributed by atoms with van der Waals surface area (Å²) in [6.45, 7) is 5.73. The summed E-state index contributed by atoms with van der Waals surface area (Å²) in [6, 6.07) is 11.0. The van der Waals surface area contributed by atoms with Gasteiger partial charge in [0, 0.05) is 36.6 Å². The van der Waals surface area contributed by atoms with Crippen LogP contribution in [0.1, 0.15) is 33.6 Å². The molecule has 3 heterocycles. The molecule has 208 valence electrons. The van der Waals surface area contributed by atoms with Gasteiger partial charge in [-0.25, -0.2) is 19.2 Å². The van der Waals surface area contributed by atoms with Crippen LogP contribution in [0.25, 0.3) is 0 Å². The molecule has 39 heavy (non-hydrogen) atoms. The van der Waals surface area contributed by atoms with Crippen molar-refractivity contribution >= 4 is 40.7 Å². The number of benzene rings is 1. The van der Waals surface area contributed by atoms with Gasteiger partial charge in [-0.3, -0.25) is 9.88 Å². The van der Waals surface area contributed by atoms with Crippen molar-refractivity contribution in [2.75, 3.05) is 43.2 Å². The van der Waals surface area contributed by atoms with E-state index in [1.54, 1.807) is 58.6 Å². The Balaban J connectivity index is 1.46. The molecule has 1 fully saturated rings. The summed E-state index contributed by atoms with van der Waals surface area (Å²) in [5, 5.41) is 0.610. The van der Waals surface area contributed by atoms with Crippen LogP contribution in [0, 0.1) is 0 Å². The van der Waals surface area contributed by atoms with Gasteiger partial charge in [-0.05, 0) is 57.2 Å². The normalized spacial score (nSPS) is 15.1. The number of ether oxygens (including phenoxy) is 3. The fraction of sp³-hybridized carbons (Fsp3) is 0.429. The number of pyridine rings is 1. The van der Waals surface area contributed by atoms with Gasteiger partial charge in [0.05, 0.1) is 32.3 Å². The highest BCUT2D eigenvalue weighted by Crippen LogP contribution is 2.35. The van der Waals surface area contributed by atoms with E-state index in [-0.39, 0.29) is 26.1 Å². The van der Waals surface area contributed by atoms with Gasteiger partial charge in [-0.1, -0.05) is 11.6 Å². The minimum atomic E-state index is -1.54. The lowest BCUT2D eigenvalue weighted by molar-refractivity contribution is -0.161. The number of carbonyl (C=O) groups is 1. The van der Waals surface area contributed by atoms with E-state index in [0.29, 0.717) is 41.3 Å². The van der Waals surface area contributed by atoms with Crippen LogP contribution in [0.2, 0.25) is 5.02 Å². The molecule has 11 heteroatoms. The zero-order valence-corrected chi connectivity index (χ0v) is 23.3. The van der Waals surface area contributed by atoms with Gasteiger partial charge >= 0.3 is 5.97 Å². The van der Waals surface area contributed by atoms with Gasteiger partial charge in [-0.2, -0.15) is 0 Å². The lowest BCUT2D eigenvalue weighted by atomic mass is 9.94. The molecule has 0 N–H and O–H groups in total. The van der Waals surface area contributed by atoms with Gasteiger partial charge in [0.15, 0.2) is 5.82 Å². The molecule has 4 rings (SSSR count). The first-order valence-electron chi connectivity index (χ1n) is 12.7. The molecular weight excluding hydrogens is 525 g/mol. The quantitative estimate of drug-likeness (QED) is 0.309. The molecule has 0 atom stereocenters. The fourth-order valence-corrected chi connectivity index (χ4v) is 4.30. The predicted molar refractivity (Wildman–Crippen MR) is 148 cm³/mol. The number of hydrogen-bond donors (Lipinski definition) is 0. The summed E-state index contributed by atoms with van der Waals surface area (Å²) in [5.74, 6) is 1.91. The number of aromatic nitrogens is 3. The molecule has 0 saturated carbocycles. The maximum atomic E-state index is 15.4. The molecule has 0 spiro atoms. The van der Waals surface area contributed by atoms with Crippen LogP contribution in [0.4, 0.5) is 27.5 Å². The standard InChI is InChI=1S/C28H33ClFN5O4/c1-27(2,3)39-26(36)18-38-19-28(30)11-13-34(14-12-28)24-16-31-17-25(33-24)35(21-7-5-20(29)6-8-21)23-10-9-22(37-4)15-32-23/h5-10,15-17H,11-14,18-19H2,1-4H3. The summed E-state index contributed by atoms with van der Waals surface area (Å²) in [5.41, 5.74) is -1.35. The molecule has 1 aliphatic rings. The van der Waals surface area contributed by atoms with Gasteiger partial charge in [-0.15, -0.1) is 0 Å². The van der Waals surface area contributed by atoms with E-state index in [2.05, 4.69) is 9.97 Å². The summed E-state index contributed by atoms with van der Waals surface area (Å²) in [6.07, 6.45) is 5.40. The molecule has 0 aliphatic carbocycles. The van der Waals surface area contributed by atoms with Gasteiger partial charge in [0.1, 0.15) is 35.3 Å². The third kappa shape index (κ3) is 7.77. The number of nitrogens with zero attached hydrogens (tertiary/aromatic N) is 5. The highest BCUT2D eigenvalue weighted by atomic mass is 35.5. The second-order valence-electron chi connectivity index (χ2n) is 10.3. The Hall–Kier alpha value is -3.50. The number of rotatable bonds is 9. The van der Waals surface area contributed by atoms with Gasteiger partial charge in [0.2, 0.25) is 0 Å². The first kappa shape index (κ1) is 28.5. The first-order chi connectivity index (χ1) is 18.5. The van der Waals surface area contributed by atoms with Crippen LogP contribution < -0.4 is 14.5 Å². The average Bonchev–Trinajstić information content (AvgIpc) is 2.90. The second-order valence-corrected chi connectivity index (χ2v) is 10.8. The third-order valence-electron chi connectivity index (χ3n) is 6.09. The summed E-state index contributed by atoms with van der Waals surface area (Å²) < 4.78 is 31.3. The Labute approximate surface area is 232 Å². The molecule has 2 aromatic heterocycles. The zero-order valence-electron chi connectivity index (χ0n) is 22.6. The maximum absolute atomic E-state index is 15.4. The Morgan fingerprint density at radius 1 is 1.08 bits per heavy atom. The van der Waals surface area contributed by atoms with E-state index in [1.807, 2.05) is 34.1 Å². The number of esters is 1. The lowest BCUT2D eigenvalue weighted by Crippen LogP contribution is -2.45. The summed E-state index contributed by atoms with van der Waals surface area (Å²) in [4.78, 5) is 29.5. The molecule has 9 nitrogen and oxygen atoms in total. The SMILES string of the molecule is COc1ccc(N(c2ccc(Cl)cc2)c2cncc(N3CCC(F)(COCC(=O)OC(C)(C)C)CC3)n2)nc1. The van der Waals surface area contributed by atoms with Crippen LogP contribution in [-0.2, 0) is 14.3 Å². The van der Waals surface area contributed by atoms with Gasteiger partial charge in [0.25, 0.3) is 0 Å². The smallest absolute Gasteiger partial charge is 0.332 e. The van der Waals surface area contributed by atoms with Crippen LogP contribution in [0.3, 0.4) is 0 Å². The molecule has 1 saturated heterocycles. The topological polar surface area (TPSA) is 89.9 Å². The van der Waals surface area contributed by atoms with Crippen molar-refractivity contribution in [1.82, 2.24) is 15.0 Å². The lowest BCUT2D eigenvalue weighted by Gasteiger charge is -2.37. The number of alkyl halides is 1. The van der Waals surface area contributed by atoms with E-state index in [0.717, 1.165) is 5.69 Å². The number of anilines is 4. The van der Waals surface area contributed by atoms with Crippen molar-refractivity contribution in [1.29, 1.82) is 0 Å². The average molecular weight is 558 g/mol. The minimum absolute atomic E-state index is 0.167. The highest BCUT2D eigenvalue weighted by Gasteiger charge is 2.36. The number of halogens is 2. The second kappa shape index (κ2) is 12.1. The van der Waals surface area contributed by atoms with Gasteiger partial charge < -0.3 is 19.1 Å². The molecule has 1 aliphatic heterocycles. The Kier molecular flexibility index (Phi) is 8.87. The van der Waals surface area contributed by atoms with Crippen LogP contribution >= 0.6 is 11.6 Å². The Morgan fingerprint density at radius 3 is 2.41 bits per heavy atom. The molecular formula is C28H33ClFN5O4. The van der Waals surface area contributed by atoms with Crippen molar-refractivity contribution in [3.05, 3.63) is 60.0 Å². The Morgan fingerprint density at radius 2 is 1.79 bits per heavy atom. The molecule has 1 aromatic carbocycles. The van der Waals surface area contributed by atoms with Crippen molar-refractivity contribution < 1.29 is 23.4 Å². The minimum Gasteiger partial charge on any atom is -0.495 e. The summed E-state index contributed by atoms with van der Waals surface area (Å²) >= 11 is 6.12. The fourth-order valence-electron chi connectivity index (χ4n) is 4.17. The zero-order chi connectivity index (χ0) is 28.0. The van der Waals surface area contributed by atoms with E-state index in [9.17, 15) is 4.79 Å². The number of piperidine rings is 1. The maximum Gasteiger partial charge on any atom is 0.332 e. The van der Waals surface area contributed by atoms with E-state index < -0.39 is 17.2 Å². The monoisotopic (exact) mass is 557 g/mol. The highest BCUT2D eigenvalue weighted by molar-refractivity contribution is 6.30. The number of hydrogen-bond acceptors (Lipinski definition) is 9. The number of methoxy groups -OCH3 is 1. The largest absolute Gasteiger partial charge is 0.495 e. The van der Waals surface area contributed by atoms with Crippen LogP contribution in [0.15, 0.2) is 55.0 Å². The van der Waals surface area contributed by atoms with E-state index in [1.165, 1.54) is 0 Å². The Bertz CT molecular complexity index is 1250. The third-order valence-corrected chi connectivity index (χ3v) is 6.34. The summed E-state index contributed by atoms with van der Waals surface area (Å²) in [7, 11) is 1.58. The molecule has 0 radical (unpaired) electrons. The van der Waals surface area contributed by atoms with E-state index in [4.69, 9.17) is 30.8 Å². The van der Waals surface area contributed by atoms with Crippen LogP contribution in [-0.4, -0.2) is 65.6 Å².